The number of nitrogens with zero attached hydrogens (tertiary/aromatic N) is 3. The largest absolute Gasteiger partial charge is 0.455 e. The molecule has 0 unspecified atom stereocenters. The van der Waals surface area contributed by atoms with E-state index in [-0.39, 0.29) is 23.0 Å². The van der Waals surface area contributed by atoms with Gasteiger partial charge in [0.2, 0.25) is 5.96 Å². The highest BCUT2D eigenvalue weighted by molar-refractivity contribution is 6.09. The van der Waals surface area contributed by atoms with Crippen LogP contribution >= 0.6 is 0 Å². The van der Waals surface area contributed by atoms with Crippen molar-refractivity contribution in [3.05, 3.63) is 47.0 Å². The van der Waals surface area contributed by atoms with Crippen LogP contribution in [-0.4, -0.2) is 22.6 Å². The van der Waals surface area contributed by atoms with Gasteiger partial charge in [-0.25, -0.2) is 4.98 Å². The molecule has 0 bridgehead atoms. The van der Waals surface area contributed by atoms with Crippen molar-refractivity contribution in [2.24, 2.45) is 27.1 Å². The first-order valence-electron chi connectivity index (χ1n) is 8.27. The van der Waals surface area contributed by atoms with Crippen LogP contribution in [0.3, 0.4) is 0 Å². The standard InChI is InChI=1S/C18H22N6O2/c1-10-14-11(23-24-17(19)20)8-18(2,3)9-12(14)26-15(10)16(25)22-13-6-4-5-7-21-13/h4-7H,8-9H2,1-3H3,(H4,19,20,24)(H,21,22,25)/b23-11-. The maximum atomic E-state index is 12.6. The zero-order chi connectivity index (χ0) is 18.9. The van der Waals surface area contributed by atoms with Gasteiger partial charge in [0, 0.05) is 23.7 Å². The molecule has 8 heteroatoms. The smallest absolute Gasteiger partial charge is 0.292 e. The number of fused-ring (bicyclic) bond motifs is 1. The number of hydrogen-bond donors (Lipinski definition) is 3. The lowest BCUT2D eigenvalue weighted by Gasteiger charge is -2.29. The molecule has 1 aliphatic carbocycles. The number of pyridine rings is 1. The maximum absolute atomic E-state index is 12.6. The summed E-state index contributed by atoms with van der Waals surface area (Å²) in [6, 6.07) is 5.29. The van der Waals surface area contributed by atoms with Gasteiger partial charge in [0.05, 0.1) is 5.71 Å². The predicted octanol–water partition coefficient (Wildman–Crippen LogP) is 2.19. The number of carbonyl (C=O) groups is 1. The number of amides is 1. The van der Waals surface area contributed by atoms with Crippen LogP contribution < -0.4 is 16.8 Å². The Labute approximate surface area is 151 Å². The number of hydrogen-bond acceptors (Lipinski definition) is 5. The molecule has 3 rings (SSSR count). The Kier molecular flexibility index (Phi) is 4.50. The van der Waals surface area contributed by atoms with Crippen LogP contribution in [0.4, 0.5) is 5.82 Å². The zero-order valence-corrected chi connectivity index (χ0v) is 15.0. The summed E-state index contributed by atoms with van der Waals surface area (Å²) in [4.78, 5) is 16.7. The lowest BCUT2D eigenvalue weighted by molar-refractivity contribution is 0.0992. The fourth-order valence-electron chi connectivity index (χ4n) is 3.14. The topological polar surface area (TPSA) is 132 Å². The third-order valence-electron chi connectivity index (χ3n) is 4.19. The number of nitrogens with one attached hydrogen (secondary N) is 1. The quantitative estimate of drug-likeness (QED) is 0.441. The van der Waals surface area contributed by atoms with Crippen molar-refractivity contribution in [1.29, 1.82) is 0 Å². The van der Waals surface area contributed by atoms with Gasteiger partial charge in [-0.15, -0.1) is 5.10 Å². The molecule has 2 aromatic rings. The number of guanidine groups is 1. The van der Waals surface area contributed by atoms with Gasteiger partial charge in [-0.3, -0.25) is 4.79 Å². The first-order chi connectivity index (χ1) is 12.3. The molecule has 26 heavy (non-hydrogen) atoms. The second kappa shape index (κ2) is 6.62. The summed E-state index contributed by atoms with van der Waals surface area (Å²) in [7, 11) is 0. The first kappa shape index (κ1) is 17.7. The summed E-state index contributed by atoms with van der Waals surface area (Å²) >= 11 is 0. The van der Waals surface area contributed by atoms with Crippen molar-refractivity contribution >= 4 is 23.4 Å². The molecule has 0 atom stereocenters. The molecule has 2 heterocycles. The second-order valence-electron chi connectivity index (χ2n) is 7.11. The second-order valence-corrected chi connectivity index (χ2v) is 7.11. The molecule has 0 aromatic carbocycles. The number of furan rings is 1. The van der Waals surface area contributed by atoms with Crippen molar-refractivity contribution < 1.29 is 9.21 Å². The summed E-state index contributed by atoms with van der Waals surface area (Å²) in [6.45, 7) is 6.04. The Morgan fingerprint density at radius 1 is 1.31 bits per heavy atom. The van der Waals surface area contributed by atoms with Crippen LogP contribution in [0.15, 0.2) is 39.0 Å². The summed E-state index contributed by atoms with van der Waals surface area (Å²) in [6.07, 6.45) is 2.98. The SMILES string of the molecule is Cc1c(C(=O)Nc2ccccn2)oc2c1/C(=N\N=C(N)N)CC(C)(C)C2. The Morgan fingerprint density at radius 3 is 2.73 bits per heavy atom. The van der Waals surface area contributed by atoms with E-state index in [0.29, 0.717) is 29.9 Å². The Balaban J connectivity index is 2.00. The molecule has 0 fully saturated rings. The Bertz CT molecular complexity index is 892. The maximum Gasteiger partial charge on any atom is 0.292 e. The Hall–Kier alpha value is -3.16. The summed E-state index contributed by atoms with van der Waals surface area (Å²) in [5.74, 6) is 0.956. The normalized spacial score (nSPS) is 16.8. The average Bonchev–Trinajstić information content (AvgIpc) is 2.89. The van der Waals surface area contributed by atoms with Gasteiger partial charge in [0.15, 0.2) is 5.76 Å². The van der Waals surface area contributed by atoms with E-state index in [0.717, 1.165) is 11.3 Å². The molecule has 8 nitrogen and oxygen atoms in total. The fraction of sp³-hybridized carbons (Fsp3) is 0.333. The van der Waals surface area contributed by atoms with Gasteiger partial charge in [-0.05, 0) is 30.9 Å². The minimum atomic E-state index is -0.352. The van der Waals surface area contributed by atoms with Crippen LogP contribution in [0.1, 0.15) is 47.7 Å². The van der Waals surface area contributed by atoms with Gasteiger partial charge >= 0.3 is 0 Å². The van der Waals surface area contributed by atoms with E-state index in [1.807, 2.05) is 6.92 Å². The number of aromatic nitrogens is 1. The fourth-order valence-corrected chi connectivity index (χ4v) is 3.14. The molecular weight excluding hydrogens is 332 g/mol. The molecule has 2 aromatic heterocycles. The highest BCUT2D eigenvalue weighted by atomic mass is 16.4. The highest BCUT2D eigenvalue weighted by Gasteiger charge is 2.36. The number of carbonyl (C=O) groups excluding carboxylic acids is 1. The van der Waals surface area contributed by atoms with E-state index in [9.17, 15) is 4.79 Å². The van der Waals surface area contributed by atoms with E-state index >= 15 is 0 Å². The van der Waals surface area contributed by atoms with Crippen molar-refractivity contribution in [3.8, 4) is 0 Å². The van der Waals surface area contributed by atoms with Gasteiger partial charge in [0.25, 0.3) is 5.91 Å². The first-order valence-corrected chi connectivity index (χ1v) is 8.27. The van der Waals surface area contributed by atoms with Crippen LogP contribution in [0.2, 0.25) is 0 Å². The minimum absolute atomic E-state index is 0.0796. The van der Waals surface area contributed by atoms with E-state index in [2.05, 4.69) is 34.4 Å². The predicted molar refractivity (Wildman–Crippen MR) is 100 cm³/mol. The monoisotopic (exact) mass is 354 g/mol. The third kappa shape index (κ3) is 3.58. The molecular formula is C18H22N6O2. The summed E-state index contributed by atoms with van der Waals surface area (Å²) < 4.78 is 5.91. The Morgan fingerprint density at radius 2 is 2.08 bits per heavy atom. The summed E-state index contributed by atoms with van der Waals surface area (Å²) in [5, 5.41) is 10.7. The lowest BCUT2D eigenvalue weighted by Crippen LogP contribution is -2.27. The van der Waals surface area contributed by atoms with Crippen LogP contribution in [0.5, 0.6) is 0 Å². The van der Waals surface area contributed by atoms with Gasteiger partial charge < -0.3 is 21.2 Å². The number of nitrogens with two attached hydrogens (primary N) is 2. The molecule has 0 saturated heterocycles. The van der Waals surface area contributed by atoms with E-state index < -0.39 is 0 Å². The van der Waals surface area contributed by atoms with Crippen molar-refractivity contribution in [3.63, 3.8) is 0 Å². The van der Waals surface area contributed by atoms with Crippen molar-refractivity contribution in [1.82, 2.24) is 4.98 Å². The van der Waals surface area contributed by atoms with Gasteiger partial charge in [-0.2, -0.15) is 5.10 Å². The molecule has 0 spiro atoms. The van der Waals surface area contributed by atoms with Crippen LogP contribution in [-0.2, 0) is 6.42 Å². The van der Waals surface area contributed by atoms with Crippen LogP contribution in [0, 0.1) is 12.3 Å². The number of rotatable bonds is 3. The molecule has 1 aliphatic rings. The van der Waals surface area contributed by atoms with Gasteiger partial charge in [-0.1, -0.05) is 19.9 Å². The molecule has 0 saturated carbocycles. The third-order valence-corrected chi connectivity index (χ3v) is 4.19. The molecule has 5 N–H and O–H groups in total. The number of anilines is 1. The highest BCUT2D eigenvalue weighted by Crippen LogP contribution is 2.39. The van der Waals surface area contributed by atoms with Crippen molar-refractivity contribution in [2.45, 2.75) is 33.6 Å². The molecule has 136 valence electrons. The van der Waals surface area contributed by atoms with E-state index in [1.54, 1.807) is 24.4 Å². The molecule has 1 amide bonds. The van der Waals surface area contributed by atoms with Crippen molar-refractivity contribution in [2.75, 3.05) is 5.32 Å². The summed E-state index contributed by atoms with van der Waals surface area (Å²) in [5.41, 5.74) is 13.0. The van der Waals surface area contributed by atoms with Crippen LogP contribution in [0.25, 0.3) is 0 Å². The van der Waals surface area contributed by atoms with Gasteiger partial charge in [0.1, 0.15) is 11.6 Å². The average molecular weight is 354 g/mol. The van der Waals surface area contributed by atoms with E-state index in [4.69, 9.17) is 15.9 Å². The zero-order valence-electron chi connectivity index (χ0n) is 15.0. The molecule has 0 radical (unpaired) electrons. The minimum Gasteiger partial charge on any atom is -0.455 e. The van der Waals surface area contributed by atoms with E-state index in [1.165, 1.54) is 0 Å². The molecule has 0 aliphatic heterocycles. The lowest BCUT2D eigenvalue weighted by atomic mass is 9.75.